The molecule has 2 aromatic rings. The van der Waals surface area contributed by atoms with Gasteiger partial charge in [0.25, 0.3) is 5.91 Å². The van der Waals surface area contributed by atoms with Crippen molar-refractivity contribution < 1.29 is 14.0 Å². The molecule has 1 aromatic heterocycles. The molecule has 41 heavy (non-hydrogen) atoms. The van der Waals surface area contributed by atoms with E-state index < -0.39 is 11.7 Å². The Balaban J connectivity index is 1.21. The Morgan fingerprint density at radius 2 is 1.83 bits per heavy atom. The van der Waals surface area contributed by atoms with Gasteiger partial charge in [-0.25, -0.2) is 9.37 Å². The Morgan fingerprint density at radius 1 is 1.12 bits per heavy atom. The van der Waals surface area contributed by atoms with Crippen LogP contribution in [0.3, 0.4) is 0 Å². The van der Waals surface area contributed by atoms with E-state index in [0.29, 0.717) is 30.1 Å². The van der Waals surface area contributed by atoms with E-state index in [2.05, 4.69) is 39.5 Å². The smallest absolute Gasteiger partial charge is 0.254 e. The van der Waals surface area contributed by atoms with Crippen molar-refractivity contribution in [3.63, 3.8) is 0 Å². The van der Waals surface area contributed by atoms with Gasteiger partial charge in [-0.2, -0.15) is 4.98 Å². The average Bonchev–Trinajstić information content (AvgIpc) is 3.56. The summed E-state index contributed by atoms with van der Waals surface area (Å²) in [6, 6.07) is 3.43. The van der Waals surface area contributed by atoms with Crippen LogP contribution in [0, 0.1) is 11.2 Å². The summed E-state index contributed by atoms with van der Waals surface area (Å²) in [5, 5.41) is 6.24. The molecule has 1 aliphatic heterocycles. The molecule has 11 heteroatoms. The lowest BCUT2D eigenvalue weighted by molar-refractivity contribution is -0.122. The Labute approximate surface area is 245 Å². The highest BCUT2D eigenvalue weighted by Gasteiger charge is 2.55. The Hall–Kier alpha value is -2.98. The van der Waals surface area contributed by atoms with Crippen molar-refractivity contribution in [2.24, 2.45) is 5.41 Å². The van der Waals surface area contributed by atoms with Crippen LogP contribution in [0.4, 0.5) is 27.5 Å². The van der Waals surface area contributed by atoms with Gasteiger partial charge < -0.3 is 25.3 Å². The molecule has 2 heterocycles. The van der Waals surface area contributed by atoms with Crippen LogP contribution in [0.2, 0.25) is 5.02 Å². The first kappa shape index (κ1) is 28.2. The van der Waals surface area contributed by atoms with Crippen molar-refractivity contribution in [3.8, 4) is 0 Å². The van der Waals surface area contributed by atoms with E-state index in [1.54, 1.807) is 18.1 Å². The third-order valence-electron chi connectivity index (χ3n) is 9.54. The number of carbonyl (C=O) groups is 2. The van der Waals surface area contributed by atoms with Crippen LogP contribution >= 0.6 is 11.6 Å². The van der Waals surface area contributed by atoms with Gasteiger partial charge in [-0.05, 0) is 77.6 Å². The summed E-state index contributed by atoms with van der Waals surface area (Å²) >= 11 is 6.55. The van der Waals surface area contributed by atoms with Gasteiger partial charge in [-0.3, -0.25) is 9.59 Å². The van der Waals surface area contributed by atoms with E-state index in [1.807, 2.05) is 0 Å². The van der Waals surface area contributed by atoms with Gasteiger partial charge in [0.15, 0.2) is 5.82 Å². The molecule has 0 bridgehead atoms. The third kappa shape index (κ3) is 5.48. The summed E-state index contributed by atoms with van der Waals surface area (Å²) in [5.41, 5.74) is 0.525. The number of rotatable bonds is 6. The van der Waals surface area contributed by atoms with Crippen LogP contribution in [0.5, 0.6) is 0 Å². The predicted molar refractivity (Wildman–Crippen MR) is 159 cm³/mol. The van der Waals surface area contributed by atoms with Gasteiger partial charge in [-0.1, -0.05) is 24.4 Å². The van der Waals surface area contributed by atoms with Crippen molar-refractivity contribution in [1.82, 2.24) is 20.2 Å². The highest BCUT2D eigenvalue weighted by atomic mass is 35.5. The van der Waals surface area contributed by atoms with Crippen molar-refractivity contribution in [2.45, 2.75) is 82.3 Å². The quantitative estimate of drug-likeness (QED) is 0.487. The van der Waals surface area contributed by atoms with Crippen molar-refractivity contribution >= 4 is 46.6 Å². The van der Waals surface area contributed by atoms with E-state index in [9.17, 15) is 9.59 Å². The fourth-order valence-corrected chi connectivity index (χ4v) is 7.00. The molecule has 2 N–H and O–H groups in total. The van der Waals surface area contributed by atoms with Gasteiger partial charge in [0.05, 0.1) is 27.9 Å². The molecule has 0 radical (unpaired) electrons. The van der Waals surface area contributed by atoms with E-state index in [-0.39, 0.29) is 39.6 Å². The van der Waals surface area contributed by atoms with Crippen molar-refractivity contribution in [3.05, 3.63) is 34.7 Å². The lowest BCUT2D eigenvalue weighted by atomic mass is 9.90. The second-order valence-electron chi connectivity index (χ2n) is 12.5. The number of benzene rings is 1. The van der Waals surface area contributed by atoms with Crippen LogP contribution < -0.4 is 20.4 Å². The van der Waals surface area contributed by atoms with Gasteiger partial charge >= 0.3 is 0 Å². The molecule has 220 valence electrons. The molecule has 6 rings (SSSR count). The summed E-state index contributed by atoms with van der Waals surface area (Å²) in [6.45, 7) is 0.653. The lowest BCUT2D eigenvalue weighted by Crippen LogP contribution is -2.42. The second kappa shape index (κ2) is 11.0. The third-order valence-corrected chi connectivity index (χ3v) is 9.86. The van der Waals surface area contributed by atoms with Gasteiger partial charge in [0.1, 0.15) is 11.5 Å². The number of nitrogens with zero attached hydrogens (tertiary/aromatic N) is 5. The summed E-state index contributed by atoms with van der Waals surface area (Å²) < 4.78 is 15.2. The number of carbonyl (C=O) groups excluding carboxylic acids is 2. The largest absolute Gasteiger partial charge is 0.351 e. The standard InChI is InChI=1S/C30H39ClFN7O2/c1-37(2)19-10-8-18(9-11-19)34-27(40)21-14-22(31)24(15-23(21)32)35-29-33-16-25-26(36-29)39(20-6-4-5-7-20)17-30(12-13-30)28(41)38(25)3/h14-16,18-20H,4-13,17H2,1-3H3,(H,34,40)(H,33,35,36). The minimum absolute atomic E-state index is 0.0188. The minimum Gasteiger partial charge on any atom is -0.351 e. The number of fused-ring (bicyclic) bond motifs is 1. The van der Waals surface area contributed by atoms with Crippen LogP contribution in [-0.2, 0) is 4.79 Å². The summed E-state index contributed by atoms with van der Waals surface area (Å²) in [6.07, 6.45) is 11.6. The maximum Gasteiger partial charge on any atom is 0.254 e. The van der Waals surface area contributed by atoms with E-state index in [0.717, 1.165) is 64.2 Å². The SMILES string of the molecule is CN1C(=O)C2(CC2)CN(C2CCCC2)c2nc(Nc3cc(F)c(C(=O)NC4CCC(N(C)C)CC4)cc3Cl)ncc21. The van der Waals surface area contributed by atoms with Crippen molar-refractivity contribution in [2.75, 3.05) is 42.8 Å². The monoisotopic (exact) mass is 583 g/mol. The first-order valence-electron chi connectivity index (χ1n) is 14.8. The molecule has 9 nitrogen and oxygen atoms in total. The summed E-state index contributed by atoms with van der Waals surface area (Å²) in [4.78, 5) is 41.7. The molecule has 2 amide bonds. The molecule has 3 saturated carbocycles. The minimum atomic E-state index is -0.667. The molecular formula is C30H39ClFN7O2. The summed E-state index contributed by atoms with van der Waals surface area (Å²) in [7, 11) is 5.93. The zero-order valence-electron chi connectivity index (χ0n) is 24.1. The molecule has 3 aliphatic carbocycles. The number of anilines is 4. The number of amides is 2. The fraction of sp³-hybridized carbons (Fsp3) is 0.600. The van der Waals surface area contributed by atoms with E-state index in [4.69, 9.17) is 16.6 Å². The van der Waals surface area contributed by atoms with Gasteiger partial charge in [0, 0.05) is 31.7 Å². The van der Waals surface area contributed by atoms with E-state index in [1.165, 1.54) is 12.1 Å². The molecule has 0 saturated heterocycles. The Bertz CT molecular complexity index is 1340. The first-order chi connectivity index (χ1) is 19.6. The van der Waals surface area contributed by atoms with Crippen LogP contribution in [0.25, 0.3) is 0 Å². The molecule has 1 aromatic carbocycles. The molecule has 3 fully saturated rings. The topological polar surface area (TPSA) is 93.7 Å². The maximum atomic E-state index is 15.2. The zero-order chi connectivity index (χ0) is 28.9. The molecular weight excluding hydrogens is 545 g/mol. The normalized spacial score (nSPS) is 24.0. The van der Waals surface area contributed by atoms with Crippen LogP contribution in [-0.4, -0.2) is 72.5 Å². The molecule has 1 spiro atoms. The zero-order valence-corrected chi connectivity index (χ0v) is 24.8. The highest BCUT2D eigenvalue weighted by molar-refractivity contribution is 6.33. The van der Waals surface area contributed by atoms with Gasteiger partial charge in [0.2, 0.25) is 11.9 Å². The van der Waals surface area contributed by atoms with Crippen molar-refractivity contribution in [1.29, 1.82) is 0 Å². The number of aromatic nitrogens is 2. The second-order valence-corrected chi connectivity index (χ2v) is 12.9. The number of hydrogen-bond donors (Lipinski definition) is 2. The average molecular weight is 584 g/mol. The van der Waals surface area contributed by atoms with Crippen LogP contribution in [0.15, 0.2) is 18.3 Å². The molecule has 0 unspecified atom stereocenters. The first-order valence-corrected chi connectivity index (χ1v) is 15.2. The number of halogens is 2. The van der Waals surface area contributed by atoms with Crippen LogP contribution in [0.1, 0.15) is 74.6 Å². The predicted octanol–water partition coefficient (Wildman–Crippen LogP) is 5.12. The Kier molecular flexibility index (Phi) is 7.57. The number of nitrogens with one attached hydrogen (secondary N) is 2. The molecule has 0 atom stereocenters. The fourth-order valence-electron chi connectivity index (χ4n) is 6.79. The molecule has 4 aliphatic rings. The maximum absolute atomic E-state index is 15.2. The number of hydrogen-bond acceptors (Lipinski definition) is 7. The Morgan fingerprint density at radius 3 is 2.49 bits per heavy atom. The van der Waals surface area contributed by atoms with Gasteiger partial charge in [-0.15, -0.1) is 0 Å². The lowest BCUT2D eigenvalue weighted by Gasteiger charge is -2.33. The highest BCUT2D eigenvalue weighted by Crippen LogP contribution is 2.52. The van der Waals surface area contributed by atoms with E-state index >= 15 is 4.39 Å². The summed E-state index contributed by atoms with van der Waals surface area (Å²) in [5.74, 6) is -0.0337.